The van der Waals surface area contributed by atoms with E-state index in [-0.39, 0.29) is 18.6 Å². The Labute approximate surface area is 177 Å². The molecule has 9 heteroatoms. The molecule has 0 saturated carbocycles. The van der Waals surface area contributed by atoms with Crippen molar-refractivity contribution < 1.29 is 14.3 Å². The highest BCUT2D eigenvalue weighted by molar-refractivity contribution is 7.18. The molecule has 0 atom stereocenters. The van der Waals surface area contributed by atoms with Gasteiger partial charge < -0.3 is 14.4 Å². The average Bonchev–Trinajstić information content (AvgIpc) is 3.09. The highest BCUT2D eigenvalue weighted by Crippen LogP contribution is 2.33. The van der Waals surface area contributed by atoms with Gasteiger partial charge in [-0.05, 0) is 18.6 Å². The third kappa shape index (κ3) is 4.34. The molecule has 0 N–H and O–H groups in total. The van der Waals surface area contributed by atoms with Crippen molar-refractivity contribution in [3.63, 3.8) is 0 Å². The molecule has 7 nitrogen and oxygen atoms in total. The van der Waals surface area contributed by atoms with Crippen LogP contribution in [0.5, 0.6) is 5.88 Å². The number of aryl methyl sites for hydroxylation is 1. The Kier molecular flexibility index (Phi) is 5.94. The van der Waals surface area contributed by atoms with Crippen LogP contribution in [0.3, 0.4) is 0 Å². The minimum absolute atomic E-state index is 0.0654. The summed E-state index contributed by atoms with van der Waals surface area (Å²) in [6, 6.07) is 1.72. The molecule has 0 unspecified atom stereocenters. The highest BCUT2D eigenvalue weighted by Gasteiger charge is 2.22. The van der Waals surface area contributed by atoms with Crippen LogP contribution in [-0.2, 0) is 22.4 Å². The van der Waals surface area contributed by atoms with Crippen LogP contribution >= 0.6 is 22.9 Å². The quantitative estimate of drug-likeness (QED) is 0.591. The average molecular weight is 433 g/mol. The third-order valence-corrected chi connectivity index (χ3v) is 5.91. The van der Waals surface area contributed by atoms with E-state index in [0.29, 0.717) is 24.1 Å². The molecule has 1 saturated heterocycles. The van der Waals surface area contributed by atoms with Crippen molar-refractivity contribution >= 4 is 44.8 Å². The molecule has 0 bridgehead atoms. The van der Waals surface area contributed by atoms with Crippen molar-refractivity contribution in [2.24, 2.45) is 0 Å². The van der Waals surface area contributed by atoms with Crippen molar-refractivity contribution in [2.45, 2.75) is 19.8 Å². The number of methoxy groups -OCH3 is 1. The molecule has 0 aromatic carbocycles. The molecule has 1 aliphatic heterocycles. The van der Waals surface area contributed by atoms with Crippen molar-refractivity contribution in [1.82, 2.24) is 15.0 Å². The number of anilines is 1. The van der Waals surface area contributed by atoms with Crippen molar-refractivity contribution in [3.05, 3.63) is 39.6 Å². The third-order valence-electron chi connectivity index (χ3n) is 4.76. The molecule has 0 aliphatic carbocycles. The largest absolute Gasteiger partial charge is 0.480 e. The number of aromatic nitrogens is 3. The van der Waals surface area contributed by atoms with Gasteiger partial charge in [-0.3, -0.25) is 4.79 Å². The minimum atomic E-state index is 0.0654. The number of hydrogen-bond acceptors (Lipinski definition) is 8. The summed E-state index contributed by atoms with van der Waals surface area (Å²) in [6.07, 6.45) is 3.95. The summed E-state index contributed by atoms with van der Waals surface area (Å²) in [6.45, 7) is 4.84. The number of nitrogens with zero attached hydrogens (tertiary/aromatic N) is 4. The number of halogens is 1. The van der Waals surface area contributed by atoms with Crippen molar-refractivity contribution in [1.29, 1.82) is 0 Å². The summed E-state index contributed by atoms with van der Waals surface area (Å²) >= 11 is 7.70. The topological polar surface area (TPSA) is 77.4 Å². The van der Waals surface area contributed by atoms with Gasteiger partial charge in [-0.15, -0.1) is 0 Å². The van der Waals surface area contributed by atoms with Crippen LogP contribution in [0.25, 0.3) is 10.3 Å². The lowest BCUT2D eigenvalue weighted by Crippen LogP contribution is -2.37. The Balaban J connectivity index is 1.61. The number of ketones is 1. The first kappa shape index (κ1) is 20.0. The van der Waals surface area contributed by atoms with Crippen molar-refractivity contribution in [2.75, 3.05) is 38.3 Å². The van der Waals surface area contributed by atoms with Gasteiger partial charge >= 0.3 is 0 Å². The van der Waals surface area contributed by atoms with Crippen LogP contribution in [0, 0.1) is 6.92 Å². The van der Waals surface area contributed by atoms with E-state index in [2.05, 4.69) is 14.9 Å². The number of morpholine rings is 1. The number of Topliss-reactive ketones (excluding diaryl/α,β-unsaturated/α-hetero) is 1. The van der Waals surface area contributed by atoms with E-state index >= 15 is 0 Å². The molecule has 4 rings (SSSR count). The van der Waals surface area contributed by atoms with Gasteiger partial charge in [0.15, 0.2) is 0 Å². The van der Waals surface area contributed by atoms with E-state index in [9.17, 15) is 4.79 Å². The second kappa shape index (κ2) is 8.61. The maximum absolute atomic E-state index is 12.8. The molecule has 3 aromatic heterocycles. The predicted octanol–water partition coefficient (Wildman–Crippen LogP) is 3.25. The van der Waals surface area contributed by atoms with Crippen LogP contribution in [-0.4, -0.2) is 54.1 Å². The van der Waals surface area contributed by atoms with E-state index in [1.54, 1.807) is 23.6 Å². The SMILES string of the molecule is COc1ncc(CC(=O)Cc2cnc3sc(C)nc3c2N2CCOCC2)cc1Cl. The normalized spacial score (nSPS) is 14.4. The Hall–Kier alpha value is -2.29. The molecule has 1 aliphatic rings. The Morgan fingerprint density at radius 2 is 2.07 bits per heavy atom. The molecule has 0 spiro atoms. The lowest BCUT2D eigenvalue weighted by molar-refractivity contribution is -0.117. The van der Waals surface area contributed by atoms with E-state index < -0.39 is 0 Å². The van der Waals surface area contributed by atoms with Crippen LogP contribution in [0.15, 0.2) is 18.5 Å². The fraction of sp³-hybridized carbons (Fsp3) is 0.400. The maximum atomic E-state index is 12.8. The first-order valence-corrected chi connectivity index (χ1v) is 10.5. The van der Waals surface area contributed by atoms with Crippen LogP contribution < -0.4 is 9.64 Å². The number of ether oxygens (including phenoxy) is 2. The molecule has 0 amide bonds. The van der Waals surface area contributed by atoms with Gasteiger partial charge in [-0.25, -0.2) is 15.0 Å². The number of hydrogen-bond donors (Lipinski definition) is 0. The van der Waals surface area contributed by atoms with E-state index in [1.807, 2.05) is 13.1 Å². The number of fused-ring (bicyclic) bond motifs is 1. The number of rotatable bonds is 6. The summed E-state index contributed by atoms with van der Waals surface area (Å²) in [5, 5.41) is 1.36. The molecule has 1 fully saturated rings. The fourth-order valence-electron chi connectivity index (χ4n) is 3.49. The number of carbonyl (C=O) groups excluding carboxylic acids is 1. The second-order valence-corrected chi connectivity index (χ2v) is 8.43. The number of carbonyl (C=O) groups is 1. The Morgan fingerprint density at radius 3 is 2.79 bits per heavy atom. The summed E-state index contributed by atoms with van der Waals surface area (Å²) in [4.78, 5) is 29.4. The Morgan fingerprint density at radius 1 is 1.28 bits per heavy atom. The van der Waals surface area contributed by atoms with Gasteiger partial charge in [0.25, 0.3) is 0 Å². The summed E-state index contributed by atoms with van der Waals surface area (Å²) in [5.41, 5.74) is 3.52. The first-order chi connectivity index (χ1) is 14.0. The van der Waals surface area contributed by atoms with Gasteiger partial charge in [0.05, 0.1) is 31.0 Å². The maximum Gasteiger partial charge on any atom is 0.232 e. The van der Waals surface area contributed by atoms with Gasteiger partial charge in [-0.2, -0.15) is 0 Å². The zero-order chi connectivity index (χ0) is 20.4. The van der Waals surface area contributed by atoms with Gasteiger partial charge in [0, 0.05) is 43.9 Å². The van der Waals surface area contributed by atoms with E-state index in [1.165, 1.54) is 7.11 Å². The van der Waals surface area contributed by atoms with Crippen LogP contribution in [0.1, 0.15) is 16.1 Å². The van der Waals surface area contributed by atoms with Crippen LogP contribution in [0.2, 0.25) is 5.02 Å². The van der Waals surface area contributed by atoms with Crippen molar-refractivity contribution in [3.8, 4) is 5.88 Å². The van der Waals surface area contributed by atoms with E-state index in [4.69, 9.17) is 26.1 Å². The highest BCUT2D eigenvalue weighted by atomic mass is 35.5. The Bertz CT molecular complexity index is 1050. The molecular weight excluding hydrogens is 412 g/mol. The van der Waals surface area contributed by atoms with E-state index in [0.717, 1.165) is 45.3 Å². The molecule has 4 heterocycles. The summed E-state index contributed by atoms with van der Waals surface area (Å²) < 4.78 is 10.6. The van der Waals surface area contributed by atoms with Gasteiger partial charge in [-0.1, -0.05) is 22.9 Å². The predicted molar refractivity (Wildman–Crippen MR) is 113 cm³/mol. The monoisotopic (exact) mass is 432 g/mol. The summed E-state index contributed by atoms with van der Waals surface area (Å²) in [5.74, 6) is 0.418. The molecule has 3 aromatic rings. The standard InChI is InChI=1S/C20H21ClN4O3S/c1-12-24-17-18(25-3-5-28-6-4-25)14(11-23-20(17)29-12)9-15(26)7-13-8-16(21)19(27-2)22-10-13/h8,10-11H,3-7,9H2,1-2H3. The summed E-state index contributed by atoms with van der Waals surface area (Å²) in [7, 11) is 1.51. The van der Waals surface area contributed by atoms with Gasteiger partial charge in [0.1, 0.15) is 21.2 Å². The first-order valence-electron chi connectivity index (χ1n) is 9.33. The fourth-order valence-corrected chi connectivity index (χ4v) is 4.52. The second-order valence-electron chi connectivity index (χ2n) is 6.85. The molecule has 0 radical (unpaired) electrons. The smallest absolute Gasteiger partial charge is 0.232 e. The zero-order valence-corrected chi connectivity index (χ0v) is 17.8. The zero-order valence-electron chi connectivity index (χ0n) is 16.3. The molecular formula is C20H21ClN4O3S. The number of thiazole rings is 1. The van der Waals surface area contributed by atoms with Gasteiger partial charge in [0.2, 0.25) is 5.88 Å². The molecule has 152 valence electrons. The number of pyridine rings is 2. The minimum Gasteiger partial charge on any atom is -0.480 e. The lowest BCUT2D eigenvalue weighted by atomic mass is 10.0. The van der Waals surface area contributed by atoms with Crippen LogP contribution in [0.4, 0.5) is 5.69 Å². The lowest BCUT2D eigenvalue weighted by Gasteiger charge is -2.30. The molecule has 29 heavy (non-hydrogen) atoms.